The van der Waals surface area contributed by atoms with Crippen molar-refractivity contribution in [3.8, 4) is 17.4 Å². The van der Waals surface area contributed by atoms with Crippen molar-refractivity contribution >= 4 is 11.7 Å². The standard InChI is InChI=1S/C15H16N2O4/c1-2-7-20-11-3-5-12(6-4-11)21-14-13(15(18)19)8-10(16)9-17-14/h3-6,8-9H,2,7,16H2,1H3,(H,18,19). The Bertz CT molecular complexity index is 626. The molecule has 0 bridgehead atoms. The van der Waals surface area contributed by atoms with Crippen molar-refractivity contribution < 1.29 is 19.4 Å². The first kappa shape index (κ1) is 14.6. The number of nitrogens with zero attached hydrogens (tertiary/aromatic N) is 1. The Balaban J connectivity index is 2.16. The van der Waals surface area contributed by atoms with Crippen LogP contribution >= 0.6 is 0 Å². The van der Waals surface area contributed by atoms with Gasteiger partial charge in [-0.15, -0.1) is 0 Å². The number of rotatable bonds is 6. The summed E-state index contributed by atoms with van der Waals surface area (Å²) >= 11 is 0. The highest BCUT2D eigenvalue weighted by molar-refractivity contribution is 5.91. The summed E-state index contributed by atoms with van der Waals surface area (Å²) in [5.74, 6) is 0.0539. The van der Waals surface area contributed by atoms with E-state index in [1.54, 1.807) is 24.3 Å². The third-order valence-corrected chi connectivity index (χ3v) is 2.61. The van der Waals surface area contributed by atoms with Gasteiger partial charge in [-0.2, -0.15) is 0 Å². The van der Waals surface area contributed by atoms with Gasteiger partial charge in [0.1, 0.15) is 17.1 Å². The number of nitrogens with two attached hydrogens (primary N) is 1. The van der Waals surface area contributed by atoms with Crippen LogP contribution in [0.15, 0.2) is 36.5 Å². The molecule has 0 saturated heterocycles. The molecule has 0 fully saturated rings. The van der Waals surface area contributed by atoms with Gasteiger partial charge in [-0.05, 0) is 36.8 Å². The SMILES string of the molecule is CCCOc1ccc(Oc2ncc(N)cc2C(=O)O)cc1. The second-order valence-corrected chi connectivity index (χ2v) is 4.35. The summed E-state index contributed by atoms with van der Waals surface area (Å²) < 4.78 is 10.9. The van der Waals surface area contributed by atoms with Crippen molar-refractivity contribution in [2.24, 2.45) is 0 Å². The number of carboxylic acid groups (broad SMARTS) is 1. The summed E-state index contributed by atoms with van der Waals surface area (Å²) in [6, 6.07) is 8.19. The molecular weight excluding hydrogens is 272 g/mol. The first-order valence-corrected chi connectivity index (χ1v) is 6.49. The summed E-state index contributed by atoms with van der Waals surface area (Å²) in [5.41, 5.74) is 5.71. The van der Waals surface area contributed by atoms with E-state index in [1.165, 1.54) is 12.3 Å². The highest BCUT2D eigenvalue weighted by atomic mass is 16.5. The first-order valence-electron chi connectivity index (χ1n) is 6.49. The number of benzene rings is 1. The number of ether oxygens (including phenoxy) is 2. The Morgan fingerprint density at radius 3 is 2.57 bits per heavy atom. The molecule has 0 amide bonds. The van der Waals surface area contributed by atoms with Crippen LogP contribution in [0.4, 0.5) is 5.69 Å². The van der Waals surface area contributed by atoms with Crippen molar-refractivity contribution in [3.63, 3.8) is 0 Å². The summed E-state index contributed by atoms with van der Waals surface area (Å²) in [6.45, 7) is 2.67. The molecule has 110 valence electrons. The van der Waals surface area contributed by atoms with Gasteiger partial charge >= 0.3 is 5.97 Å². The fraction of sp³-hybridized carbons (Fsp3) is 0.200. The monoisotopic (exact) mass is 288 g/mol. The first-order chi connectivity index (χ1) is 10.1. The van der Waals surface area contributed by atoms with Crippen LogP contribution in [0.1, 0.15) is 23.7 Å². The zero-order chi connectivity index (χ0) is 15.2. The van der Waals surface area contributed by atoms with Crippen molar-refractivity contribution in [1.82, 2.24) is 4.98 Å². The lowest BCUT2D eigenvalue weighted by molar-refractivity contribution is 0.0693. The Morgan fingerprint density at radius 1 is 1.29 bits per heavy atom. The molecule has 0 spiro atoms. The number of pyridine rings is 1. The Kier molecular flexibility index (Phi) is 4.61. The van der Waals surface area contributed by atoms with Crippen LogP contribution in [0.5, 0.6) is 17.4 Å². The van der Waals surface area contributed by atoms with Crippen molar-refractivity contribution in [3.05, 3.63) is 42.1 Å². The van der Waals surface area contributed by atoms with Crippen molar-refractivity contribution in [2.75, 3.05) is 12.3 Å². The second kappa shape index (κ2) is 6.60. The van der Waals surface area contributed by atoms with Crippen LogP contribution in [0.2, 0.25) is 0 Å². The molecule has 1 aromatic carbocycles. The van der Waals surface area contributed by atoms with Gasteiger partial charge in [-0.1, -0.05) is 6.92 Å². The van der Waals surface area contributed by atoms with Gasteiger partial charge in [-0.25, -0.2) is 9.78 Å². The molecule has 3 N–H and O–H groups in total. The van der Waals surface area contributed by atoms with E-state index in [0.29, 0.717) is 12.4 Å². The number of hydrogen-bond donors (Lipinski definition) is 2. The van der Waals surface area contributed by atoms with Gasteiger partial charge < -0.3 is 20.3 Å². The van der Waals surface area contributed by atoms with Crippen molar-refractivity contribution in [1.29, 1.82) is 0 Å². The molecule has 1 aromatic heterocycles. The number of anilines is 1. The maximum Gasteiger partial charge on any atom is 0.341 e. The lowest BCUT2D eigenvalue weighted by Gasteiger charge is -2.09. The van der Waals surface area contributed by atoms with E-state index >= 15 is 0 Å². The Hall–Kier alpha value is -2.76. The number of aromatic carboxylic acids is 1. The highest BCUT2D eigenvalue weighted by Crippen LogP contribution is 2.26. The molecule has 1 heterocycles. The highest BCUT2D eigenvalue weighted by Gasteiger charge is 2.14. The van der Waals surface area contributed by atoms with E-state index in [1.807, 2.05) is 6.92 Å². The smallest absolute Gasteiger partial charge is 0.341 e. The maximum atomic E-state index is 11.1. The van der Waals surface area contributed by atoms with Crippen LogP contribution in [0.3, 0.4) is 0 Å². The molecule has 6 heteroatoms. The molecule has 0 aliphatic carbocycles. The lowest BCUT2D eigenvalue weighted by Crippen LogP contribution is -2.03. The molecule has 0 aliphatic rings. The molecule has 0 atom stereocenters. The summed E-state index contributed by atoms with van der Waals surface area (Å²) in [4.78, 5) is 15.0. The van der Waals surface area contributed by atoms with Gasteiger partial charge in [0.15, 0.2) is 0 Å². The van der Waals surface area contributed by atoms with Crippen LogP contribution in [0, 0.1) is 0 Å². The van der Waals surface area contributed by atoms with Gasteiger partial charge in [0.2, 0.25) is 5.88 Å². The Morgan fingerprint density at radius 2 is 1.95 bits per heavy atom. The number of nitrogen functional groups attached to an aromatic ring is 1. The molecule has 0 unspecified atom stereocenters. The zero-order valence-electron chi connectivity index (χ0n) is 11.6. The van der Waals surface area contributed by atoms with E-state index in [9.17, 15) is 4.79 Å². The Labute approximate surface area is 122 Å². The normalized spacial score (nSPS) is 10.1. The minimum atomic E-state index is -1.15. The summed E-state index contributed by atoms with van der Waals surface area (Å²) in [7, 11) is 0. The third kappa shape index (κ3) is 3.85. The van der Waals surface area contributed by atoms with Crippen LogP contribution in [0.25, 0.3) is 0 Å². The minimum Gasteiger partial charge on any atom is -0.494 e. The fourth-order valence-electron chi connectivity index (χ4n) is 1.64. The fourth-order valence-corrected chi connectivity index (χ4v) is 1.64. The number of hydrogen-bond acceptors (Lipinski definition) is 5. The molecule has 21 heavy (non-hydrogen) atoms. The molecule has 0 aliphatic heterocycles. The van der Waals surface area contributed by atoms with Gasteiger partial charge in [0.05, 0.1) is 18.5 Å². The maximum absolute atomic E-state index is 11.1. The number of aromatic nitrogens is 1. The molecule has 0 radical (unpaired) electrons. The van der Waals surface area contributed by atoms with Crippen LogP contribution in [-0.2, 0) is 0 Å². The molecular formula is C15H16N2O4. The van der Waals surface area contributed by atoms with E-state index in [-0.39, 0.29) is 17.1 Å². The number of carbonyl (C=O) groups is 1. The summed E-state index contributed by atoms with van der Waals surface area (Å²) in [6.07, 6.45) is 2.27. The average molecular weight is 288 g/mol. The molecule has 0 saturated carbocycles. The van der Waals surface area contributed by atoms with E-state index in [2.05, 4.69) is 4.98 Å². The van der Waals surface area contributed by atoms with Crippen LogP contribution in [-0.4, -0.2) is 22.7 Å². The molecule has 2 aromatic rings. The minimum absolute atomic E-state index is 0.000994. The zero-order valence-corrected chi connectivity index (χ0v) is 11.6. The van der Waals surface area contributed by atoms with Gasteiger partial charge in [0.25, 0.3) is 0 Å². The predicted molar refractivity (Wildman–Crippen MR) is 77.9 cm³/mol. The van der Waals surface area contributed by atoms with E-state index < -0.39 is 5.97 Å². The van der Waals surface area contributed by atoms with Crippen LogP contribution < -0.4 is 15.2 Å². The number of carboxylic acids is 1. The quantitative estimate of drug-likeness (QED) is 0.848. The van der Waals surface area contributed by atoms with E-state index in [0.717, 1.165) is 12.2 Å². The lowest BCUT2D eigenvalue weighted by atomic mass is 10.2. The average Bonchev–Trinajstić information content (AvgIpc) is 2.48. The van der Waals surface area contributed by atoms with Gasteiger partial charge in [-0.3, -0.25) is 0 Å². The summed E-state index contributed by atoms with van der Waals surface area (Å²) in [5, 5.41) is 9.11. The van der Waals surface area contributed by atoms with Crippen molar-refractivity contribution in [2.45, 2.75) is 13.3 Å². The van der Waals surface area contributed by atoms with E-state index in [4.69, 9.17) is 20.3 Å². The largest absolute Gasteiger partial charge is 0.494 e. The molecule has 2 rings (SSSR count). The second-order valence-electron chi connectivity index (χ2n) is 4.35. The predicted octanol–water partition coefficient (Wildman–Crippen LogP) is 2.94. The third-order valence-electron chi connectivity index (χ3n) is 2.61. The topological polar surface area (TPSA) is 94.7 Å². The van der Waals surface area contributed by atoms with Gasteiger partial charge in [0, 0.05) is 0 Å². The molecule has 6 nitrogen and oxygen atoms in total.